The van der Waals surface area contributed by atoms with Crippen LogP contribution >= 0.6 is 0 Å². The van der Waals surface area contributed by atoms with E-state index in [4.69, 9.17) is 9.47 Å². The summed E-state index contributed by atoms with van der Waals surface area (Å²) in [5.74, 6) is 0.635. The molecule has 0 fully saturated rings. The van der Waals surface area contributed by atoms with Crippen molar-refractivity contribution in [2.75, 3.05) is 20.8 Å². The van der Waals surface area contributed by atoms with Crippen molar-refractivity contribution in [3.63, 3.8) is 0 Å². The van der Waals surface area contributed by atoms with Gasteiger partial charge in [-0.2, -0.15) is 5.10 Å². The van der Waals surface area contributed by atoms with Gasteiger partial charge in [-0.05, 0) is 18.6 Å². The highest BCUT2D eigenvalue weighted by Gasteiger charge is 2.08. The molecule has 0 aromatic heterocycles. The summed E-state index contributed by atoms with van der Waals surface area (Å²) in [5.41, 5.74) is 3.08. The predicted molar refractivity (Wildman–Crippen MR) is 129 cm³/mol. The van der Waals surface area contributed by atoms with Crippen molar-refractivity contribution in [3.05, 3.63) is 23.8 Å². The third-order valence-corrected chi connectivity index (χ3v) is 5.28. The van der Waals surface area contributed by atoms with Crippen LogP contribution in [0.3, 0.4) is 0 Å². The Morgan fingerprint density at radius 1 is 0.875 bits per heavy atom. The lowest BCUT2D eigenvalue weighted by molar-refractivity contribution is -0.126. The second-order valence-corrected chi connectivity index (χ2v) is 7.94. The zero-order valence-electron chi connectivity index (χ0n) is 20.1. The highest BCUT2D eigenvalue weighted by Crippen LogP contribution is 2.29. The monoisotopic (exact) mass is 447 g/mol. The molecular formula is C25H41N3O4. The Morgan fingerprint density at radius 2 is 1.50 bits per heavy atom. The van der Waals surface area contributed by atoms with Gasteiger partial charge < -0.3 is 14.8 Å². The van der Waals surface area contributed by atoms with Crippen LogP contribution in [-0.2, 0) is 9.59 Å². The average Bonchev–Trinajstić information content (AvgIpc) is 2.80. The number of carbonyl (C=O) groups is 2. The number of nitrogens with one attached hydrogen (secondary N) is 2. The molecule has 0 bridgehead atoms. The van der Waals surface area contributed by atoms with Crippen molar-refractivity contribution >= 4 is 18.0 Å². The van der Waals surface area contributed by atoms with Gasteiger partial charge in [0.25, 0.3) is 5.91 Å². The van der Waals surface area contributed by atoms with E-state index in [1.54, 1.807) is 32.4 Å². The minimum atomic E-state index is -0.379. The first kappa shape index (κ1) is 27.5. The van der Waals surface area contributed by atoms with Crippen LogP contribution in [0.15, 0.2) is 23.3 Å². The third kappa shape index (κ3) is 12.3. The summed E-state index contributed by atoms with van der Waals surface area (Å²) in [6.45, 7) is 2.15. The molecule has 0 aliphatic heterocycles. The van der Waals surface area contributed by atoms with Crippen LogP contribution in [0.5, 0.6) is 11.5 Å². The number of amides is 2. The normalized spacial score (nSPS) is 10.8. The molecule has 0 heterocycles. The lowest BCUT2D eigenvalue weighted by atomic mass is 10.1. The molecule has 7 nitrogen and oxygen atoms in total. The summed E-state index contributed by atoms with van der Waals surface area (Å²) in [6.07, 6.45) is 15.6. The second kappa shape index (κ2) is 18.0. The summed E-state index contributed by atoms with van der Waals surface area (Å²) < 4.78 is 10.5. The summed E-state index contributed by atoms with van der Waals surface area (Å²) in [5, 5.41) is 6.56. The largest absolute Gasteiger partial charge is 0.493 e. The third-order valence-electron chi connectivity index (χ3n) is 5.28. The van der Waals surface area contributed by atoms with Crippen molar-refractivity contribution in [3.8, 4) is 11.5 Å². The smallest absolute Gasteiger partial charge is 0.259 e. The highest BCUT2D eigenvalue weighted by atomic mass is 16.5. The van der Waals surface area contributed by atoms with Gasteiger partial charge in [0, 0.05) is 12.0 Å². The fourth-order valence-corrected chi connectivity index (χ4v) is 3.44. The van der Waals surface area contributed by atoms with Crippen LogP contribution in [0.25, 0.3) is 0 Å². The maximum atomic E-state index is 11.9. The first-order valence-electron chi connectivity index (χ1n) is 11.9. The fourth-order valence-electron chi connectivity index (χ4n) is 3.44. The van der Waals surface area contributed by atoms with E-state index in [2.05, 4.69) is 22.8 Å². The number of unbranched alkanes of at least 4 members (excludes halogenated alkanes) is 10. The molecule has 0 unspecified atom stereocenters. The lowest BCUT2D eigenvalue weighted by Crippen LogP contribution is -2.34. The van der Waals surface area contributed by atoms with Gasteiger partial charge >= 0.3 is 0 Å². The Kier molecular flexibility index (Phi) is 15.5. The van der Waals surface area contributed by atoms with E-state index >= 15 is 0 Å². The number of rotatable bonds is 18. The van der Waals surface area contributed by atoms with Gasteiger partial charge in [-0.25, -0.2) is 5.43 Å². The van der Waals surface area contributed by atoms with Crippen LogP contribution in [-0.4, -0.2) is 38.8 Å². The molecule has 0 radical (unpaired) electrons. The van der Waals surface area contributed by atoms with E-state index in [1.165, 1.54) is 64.0 Å². The Labute approximate surface area is 193 Å². The predicted octanol–water partition coefficient (Wildman–Crippen LogP) is 4.97. The van der Waals surface area contributed by atoms with Gasteiger partial charge in [-0.15, -0.1) is 0 Å². The van der Waals surface area contributed by atoms with Crippen LogP contribution in [0.4, 0.5) is 0 Å². The number of hydrazone groups is 1. The van der Waals surface area contributed by atoms with Crippen molar-refractivity contribution in [1.29, 1.82) is 0 Å². The van der Waals surface area contributed by atoms with Crippen molar-refractivity contribution in [1.82, 2.24) is 10.7 Å². The molecular weight excluding hydrogens is 406 g/mol. The number of ether oxygens (including phenoxy) is 2. The molecule has 0 spiro atoms. The molecule has 7 heteroatoms. The number of para-hydroxylation sites is 1. The zero-order chi connectivity index (χ0) is 23.4. The van der Waals surface area contributed by atoms with Crippen LogP contribution in [0.1, 0.15) is 89.5 Å². The zero-order valence-corrected chi connectivity index (χ0v) is 20.1. The molecule has 1 aromatic carbocycles. The molecule has 1 rings (SSSR count). The topological polar surface area (TPSA) is 89.0 Å². The van der Waals surface area contributed by atoms with Gasteiger partial charge in [0.15, 0.2) is 11.5 Å². The van der Waals surface area contributed by atoms with Crippen LogP contribution in [0, 0.1) is 0 Å². The number of hydrogen-bond donors (Lipinski definition) is 2. The van der Waals surface area contributed by atoms with Crippen molar-refractivity contribution < 1.29 is 19.1 Å². The van der Waals surface area contributed by atoms with Crippen LogP contribution in [0.2, 0.25) is 0 Å². The Bertz CT molecular complexity index is 692. The average molecular weight is 448 g/mol. The van der Waals surface area contributed by atoms with Gasteiger partial charge in [0.05, 0.1) is 27.0 Å². The number of nitrogens with zero attached hydrogens (tertiary/aromatic N) is 1. The van der Waals surface area contributed by atoms with E-state index in [-0.39, 0.29) is 18.4 Å². The minimum absolute atomic E-state index is 0.0938. The molecule has 0 atom stereocenters. The molecule has 2 N–H and O–H groups in total. The SMILES string of the molecule is CCCCCCCCCCCCCC(=O)NCC(=O)NN=Cc1cccc(OC)c1OC. The maximum Gasteiger partial charge on any atom is 0.259 e. The molecule has 0 saturated heterocycles. The summed E-state index contributed by atoms with van der Waals surface area (Å²) in [4.78, 5) is 23.8. The molecule has 2 amide bonds. The molecule has 32 heavy (non-hydrogen) atoms. The number of hydrogen-bond acceptors (Lipinski definition) is 5. The molecule has 0 saturated carbocycles. The molecule has 0 aliphatic rings. The number of methoxy groups -OCH3 is 2. The lowest BCUT2D eigenvalue weighted by Gasteiger charge is -2.09. The van der Waals surface area contributed by atoms with Crippen LogP contribution < -0.4 is 20.2 Å². The number of carbonyl (C=O) groups excluding carboxylic acids is 2. The molecule has 0 aliphatic carbocycles. The Hall–Kier alpha value is -2.57. The van der Waals surface area contributed by atoms with Crippen molar-refractivity contribution in [2.24, 2.45) is 5.10 Å². The van der Waals surface area contributed by atoms with Gasteiger partial charge in [-0.1, -0.05) is 77.2 Å². The minimum Gasteiger partial charge on any atom is -0.493 e. The quantitative estimate of drug-likeness (QED) is 0.189. The maximum absolute atomic E-state index is 11.9. The summed E-state index contributed by atoms with van der Waals surface area (Å²) in [6, 6.07) is 5.38. The fraction of sp³-hybridized carbons (Fsp3) is 0.640. The Balaban J connectivity index is 2.10. The van der Waals surface area contributed by atoms with Gasteiger partial charge in [0.2, 0.25) is 5.91 Å². The summed E-state index contributed by atoms with van der Waals surface area (Å²) in [7, 11) is 3.10. The van der Waals surface area contributed by atoms with E-state index in [1.807, 2.05) is 0 Å². The standard InChI is InChI=1S/C25H41N3O4/c1-4-5-6-7-8-9-10-11-12-13-14-18-23(29)26-20-24(30)28-27-19-21-16-15-17-22(31-2)25(21)32-3/h15-17,19H,4-14,18,20H2,1-3H3,(H,26,29)(H,28,30). The van der Waals surface area contributed by atoms with E-state index in [9.17, 15) is 9.59 Å². The Morgan fingerprint density at radius 3 is 2.09 bits per heavy atom. The molecule has 180 valence electrons. The van der Waals surface area contributed by atoms with Gasteiger partial charge in [-0.3, -0.25) is 9.59 Å². The summed E-state index contributed by atoms with van der Waals surface area (Å²) >= 11 is 0. The number of benzene rings is 1. The first-order valence-corrected chi connectivity index (χ1v) is 11.9. The van der Waals surface area contributed by atoms with E-state index in [0.29, 0.717) is 23.5 Å². The molecule has 1 aromatic rings. The first-order chi connectivity index (χ1) is 15.6. The second-order valence-electron chi connectivity index (χ2n) is 7.94. The van der Waals surface area contributed by atoms with E-state index < -0.39 is 0 Å². The van der Waals surface area contributed by atoms with Gasteiger partial charge in [0.1, 0.15) is 0 Å². The highest BCUT2D eigenvalue weighted by molar-refractivity contribution is 5.88. The van der Waals surface area contributed by atoms with E-state index in [0.717, 1.165) is 12.8 Å². The van der Waals surface area contributed by atoms with Crippen molar-refractivity contribution in [2.45, 2.75) is 84.0 Å².